The number of piperidine rings is 2. The molecule has 1 aromatic carbocycles. The van der Waals surface area contributed by atoms with Crippen molar-refractivity contribution in [3.63, 3.8) is 0 Å². The minimum absolute atomic E-state index is 0.432. The molecule has 2 aliphatic heterocycles. The number of aliphatic hydroxyl groups excluding tert-OH is 1. The molecule has 2 N–H and O–H groups in total. The molecule has 3 unspecified atom stereocenters. The molecule has 2 aliphatic rings. The second-order valence-corrected chi connectivity index (χ2v) is 7.65. The number of benzene rings is 1. The van der Waals surface area contributed by atoms with Gasteiger partial charge in [0, 0.05) is 32.7 Å². The topological polar surface area (TPSA) is 51.1 Å². The Balaban J connectivity index is 1.57. The molecule has 2 heterocycles. The molecule has 2 saturated heterocycles. The molecule has 0 radical (unpaired) electrons. The number of hydrogen-bond donors (Lipinski definition) is 2. The molecule has 5 nitrogen and oxygen atoms in total. The summed E-state index contributed by atoms with van der Waals surface area (Å²) in [5.74, 6) is 0.902. The van der Waals surface area contributed by atoms with E-state index in [2.05, 4.69) is 39.5 Å². The van der Waals surface area contributed by atoms with Crippen molar-refractivity contribution in [1.29, 1.82) is 0 Å². The van der Waals surface area contributed by atoms with Crippen molar-refractivity contribution in [2.75, 3.05) is 33.2 Å². The van der Waals surface area contributed by atoms with E-state index in [-0.39, 0.29) is 0 Å². The molecule has 1 aromatic rings. The number of halogens is 3. The molecule has 0 bridgehead atoms. The van der Waals surface area contributed by atoms with Crippen LogP contribution in [0.15, 0.2) is 35.3 Å². The van der Waals surface area contributed by atoms with E-state index in [4.69, 9.17) is 0 Å². The van der Waals surface area contributed by atoms with E-state index in [1.54, 1.807) is 7.05 Å². The lowest BCUT2D eigenvalue weighted by Crippen LogP contribution is -2.57. The van der Waals surface area contributed by atoms with Crippen LogP contribution in [0.5, 0.6) is 0 Å². The van der Waals surface area contributed by atoms with Gasteiger partial charge in [0.1, 0.15) is 0 Å². The number of nitrogens with zero attached hydrogens (tertiary/aromatic N) is 3. The van der Waals surface area contributed by atoms with Crippen LogP contribution in [0.2, 0.25) is 0 Å². The summed E-state index contributed by atoms with van der Waals surface area (Å²) in [6.07, 6.45) is -3.81. The van der Waals surface area contributed by atoms with Crippen molar-refractivity contribution in [2.24, 2.45) is 10.9 Å². The van der Waals surface area contributed by atoms with Crippen molar-refractivity contribution in [3.05, 3.63) is 35.9 Å². The van der Waals surface area contributed by atoms with Gasteiger partial charge < -0.3 is 15.3 Å². The van der Waals surface area contributed by atoms with Crippen LogP contribution >= 0.6 is 0 Å². The van der Waals surface area contributed by atoms with Gasteiger partial charge in [0.05, 0.1) is 6.54 Å². The maximum absolute atomic E-state index is 12.5. The largest absolute Gasteiger partial charge is 0.416 e. The van der Waals surface area contributed by atoms with Crippen LogP contribution in [0, 0.1) is 5.92 Å². The lowest BCUT2D eigenvalue weighted by molar-refractivity contribution is -0.201. The zero-order chi connectivity index (χ0) is 20.1. The number of aliphatic hydroxyl groups is 1. The van der Waals surface area contributed by atoms with Crippen LogP contribution in [-0.2, 0) is 6.54 Å². The molecule has 3 rings (SSSR count). The first-order valence-electron chi connectivity index (χ1n) is 9.87. The van der Waals surface area contributed by atoms with E-state index in [1.807, 2.05) is 11.0 Å². The lowest BCUT2D eigenvalue weighted by atomic mass is 9.83. The Labute approximate surface area is 164 Å². The summed E-state index contributed by atoms with van der Waals surface area (Å²) in [6, 6.07) is 10.9. The predicted molar refractivity (Wildman–Crippen MR) is 103 cm³/mol. The fourth-order valence-electron chi connectivity index (χ4n) is 4.35. The van der Waals surface area contributed by atoms with Gasteiger partial charge in [-0.05, 0) is 37.3 Å². The quantitative estimate of drug-likeness (QED) is 0.604. The van der Waals surface area contributed by atoms with Gasteiger partial charge in [-0.3, -0.25) is 9.89 Å². The number of hydrogen-bond acceptors (Lipinski definition) is 3. The third-order valence-electron chi connectivity index (χ3n) is 5.75. The maximum atomic E-state index is 12.5. The monoisotopic (exact) mass is 398 g/mol. The average Bonchev–Trinajstić information content (AvgIpc) is 2.68. The summed E-state index contributed by atoms with van der Waals surface area (Å²) in [5.41, 5.74) is 1.31. The Morgan fingerprint density at radius 2 is 2.00 bits per heavy atom. The number of fused-ring (bicyclic) bond motifs is 1. The summed E-state index contributed by atoms with van der Waals surface area (Å²) >= 11 is 0. The zero-order valence-electron chi connectivity index (χ0n) is 16.2. The average molecular weight is 398 g/mol. The molecule has 156 valence electrons. The van der Waals surface area contributed by atoms with E-state index in [1.165, 1.54) is 5.56 Å². The number of alkyl halides is 3. The van der Waals surface area contributed by atoms with Gasteiger partial charge >= 0.3 is 6.18 Å². The number of likely N-dealkylation sites (tertiary alicyclic amines) is 2. The summed E-state index contributed by atoms with van der Waals surface area (Å²) in [6.45, 7) is 2.96. The fourth-order valence-corrected chi connectivity index (χ4v) is 4.35. The van der Waals surface area contributed by atoms with Gasteiger partial charge in [-0.25, -0.2) is 0 Å². The molecule has 2 fully saturated rings. The predicted octanol–water partition coefficient (Wildman–Crippen LogP) is 2.47. The summed E-state index contributed by atoms with van der Waals surface area (Å²) in [7, 11) is 1.57. The highest BCUT2D eigenvalue weighted by Gasteiger charge is 2.39. The maximum Gasteiger partial charge on any atom is 0.416 e. The van der Waals surface area contributed by atoms with E-state index in [9.17, 15) is 18.3 Å². The third-order valence-corrected chi connectivity index (χ3v) is 5.75. The second kappa shape index (κ2) is 9.13. The first-order valence-corrected chi connectivity index (χ1v) is 9.87. The first kappa shape index (κ1) is 20.9. The fraction of sp³-hybridized carbons (Fsp3) is 0.650. The van der Waals surface area contributed by atoms with Crippen LogP contribution in [0.25, 0.3) is 0 Å². The lowest BCUT2D eigenvalue weighted by Gasteiger charge is -2.48. The van der Waals surface area contributed by atoms with Gasteiger partial charge in [0.25, 0.3) is 0 Å². The number of guanidine groups is 1. The summed E-state index contributed by atoms with van der Waals surface area (Å²) in [4.78, 5) is 8.70. The van der Waals surface area contributed by atoms with Crippen LogP contribution in [0.4, 0.5) is 13.2 Å². The van der Waals surface area contributed by atoms with Crippen molar-refractivity contribution in [1.82, 2.24) is 15.1 Å². The Morgan fingerprint density at radius 3 is 2.68 bits per heavy atom. The highest BCUT2D eigenvalue weighted by Crippen LogP contribution is 2.31. The molecule has 8 heteroatoms. The normalized spacial score (nSPS) is 25.3. The van der Waals surface area contributed by atoms with E-state index in [0.29, 0.717) is 17.9 Å². The standard InChI is InChI=1S/C20H29F3N4O/c1-24-19(25-12-18(28)20(21,22)23)27-11-9-17-16(14-27)8-5-10-26(17)13-15-6-3-2-4-7-15/h2-4,6-7,16-18,28H,5,8-14H2,1H3,(H,24,25). The smallest absolute Gasteiger partial charge is 0.382 e. The van der Waals surface area contributed by atoms with Gasteiger partial charge in [-0.15, -0.1) is 0 Å². The van der Waals surface area contributed by atoms with Gasteiger partial charge in [-0.2, -0.15) is 13.2 Å². The van der Waals surface area contributed by atoms with Gasteiger partial charge in [-0.1, -0.05) is 30.3 Å². The zero-order valence-corrected chi connectivity index (χ0v) is 16.2. The number of nitrogens with one attached hydrogen (secondary N) is 1. The molecule has 0 amide bonds. The minimum Gasteiger partial charge on any atom is -0.382 e. The van der Waals surface area contributed by atoms with Crippen LogP contribution in [0.1, 0.15) is 24.8 Å². The highest BCUT2D eigenvalue weighted by molar-refractivity contribution is 5.80. The number of aliphatic imine (C=N–C) groups is 1. The second-order valence-electron chi connectivity index (χ2n) is 7.65. The Kier molecular flexibility index (Phi) is 6.82. The van der Waals surface area contributed by atoms with Crippen LogP contribution in [0.3, 0.4) is 0 Å². The van der Waals surface area contributed by atoms with Crippen molar-refractivity contribution in [3.8, 4) is 0 Å². The summed E-state index contributed by atoms with van der Waals surface area (Å²) < 4.78 is 37.6. The van der Waals surface area contributed by atoms with Gasteiger partial charge in [0.2, 0.25) is 0 Å². The number of rotatable bonds is 4. The molecule has 28 heavy (non-hydrogen) atoms. The highest BCUT2D eigenvalue weighted by atomic mass is 19.4. The van der Waals surface area contributed by atoms with E-state index in [0.717, 1.165) is 45.4 Å². The van der Waals surface area contributed by atoms with Crippen LogP contribution < -0.4 is 5.32 Å². The minimum atomic E-state index is -4.62. The molecule has 0 spiro atoms. The Morgan fingerprint density at radius 1 is 1.25 bits per heavy atom. The van der Waals surface area contributed by atoms with Gasteiger partial charge in [0.15, 0.2) is 12.1 Å². The molecule has 0 aromatic heterocycles. The van der Waals surface area contributed by atoms with Crippen molar-refractivity contribution in [2.45, 2.75) is 44.1 Å². The molecule has 3 atom stereocenters. The SMILES string of the molecule is CN=C(NCC(O)C(F)(F)F)N1CCC2C(CCCN2Cc2ccccc2)C1. The molecular weight excluding hydrogens is 369 g/mol. The van der Waals surface area contributed by atoms with E-state index < -0.39 is 18.8 Å². The third kappa shape index (κ3) is 5.17. The molecule has 0 aliphatic carbocycles. The van der Waals surface area contributed by atoms with E-state index >= 15 is 0 Å². The molecular formula is C20H29F3N4O. The molecule has 0 saturated carbocycles. The summed E-state index contributed by atoms with van der Waals surface area (Å²) in [5, 5.41) is 11.9. The Bertz CT molecular complexity index is 653. The van der Waals surface area contributed by atoms with Crippen LogP contribution in [-0.4, -0.2) is 72.4 Å². The Hall–Kier alpha value is -1.80. The van der Waals surface area contributed by atoms with Crippen molar-refractivity contribution < 1.29 is 18.3 Å². The van der Waals surface area contributed by atoms with Crippen molar-refractivity contribution >= 4 is 5.96 Å². The first-order chi connectivity index (χ1) is 13.4.